The van der Waals surface area contributed by atoms with Gasteiger partial charge in [-0.3, -0.25) is 14.6 Å². The van der Waals surface area contributed by atoms with Crippen molar-refractivity contribution in [2.45, 2.75) is 32.1 Å². The van der Waals surface area contributed by atoms with Crippen LogP contribution in [0.5, 0.6) is 0 Å². The Bertz CT molecular complexity index is 1620. The Hall–Kier alpha value is -4.70. The molecule has 2 aromatic carbocycles. The van der Waals surface area contributed by atoms with Crippen molar-refractivity contribution in [2.75, 3.05) is 34.8 Å². The number of hydrogen-bond donors (Lipinski definition) is 4. The fourth-order valence-electron chi connectivity index (χ4n) is 5.36. The maximum atomic E-state index is 13.2. The third kappa shape index (κ3) is 6.44. The molecule has 5 N–H and O–H groups in total. The van der Waals surface area contributed by atoms with Crippen LogP contribution in [0.1, 0.15) is 40.7 Å². The number of aryl methyl sites for hydroxylation is 2. The van der Waals surface area contributed by atoms with E-state index < -0.39 is 0 Å². The number of rotatable bonds is 4. The van der Waals surface area contributed by atoms with Gasteiger partial charge in [-0.15, -0.1) is 0 Å². The number of anilines is 6. The fourth-order valence-corrected chi connectivity index (χ4v) is 5.50. The minimum Gasteiger partial charge on any atom is -0.399 e. The molecule has 214 valence electrons. The molecule has 11 heteroatoms. The van der Waals surface area contributed by atoms with Gasteiger partial charge in [-0.2, -0.15) is 4.98 Å². The van der Waals surface area contributed by atoms with Crippen LogP contribution in [0.2, 0.25) is 5.02 Å². The zero-order valence-electron chi connectivity index (χ0n) is 22.9. The number of nitrogens with two attached hydrogens (primary N) is 1. The topological polar surface area (TPSA) is 138 Å². The highest BCUT2D eigenvalue weighted by Crippen LogP contribution is 2.30. The molecule has 0 aliphatic carbocycles. The number of nitrogens with one attached hydrogen (secondary N) is 3. The first kappa shape index (κ1) is 27.5. The molecule has 0 spiro atoms. The molecule has 1 fully saturated rings. The number of aromatic nitrogens is 3. The number of nitrogens with zero attached hydrogens (tertiary/aromatic N) is 4. The minimum absolute atomic E-state index is 0.00241. The Balaban J connectivity index is 1.13. The highest BCUT2D eigenvalue weighted by molar-refractivity contribution is 6.32. The van der Waals surface area contributed by atoms with Crippen molar-refractivity contribution in [3.8, 4) is 0 Å². The van der Waals surface area contributed by atoms with E-state index in [1.807, 2.05) is 35.4 Å². The number of carbonyl (C=O) groups is 2. The number of nitrogen functional groups attached to an aromatic ring is 1. The van der Waals surface area contributed by atoms with Gasteiger partial charge in [0.05, 0.1) is 18.1 Å². The number of benzene rings is 2. The summed E-state index contributed by atoms with van der Waals surface area (Å²) in [5.41, 5.74) is 11.4. The SMILES string of the molecule is Nc1ccc(C(=O)N2CCC(CC(=O)Nc3ccc4cc3CCc3cncc(c3)Nc3ncc(Cl)c(n3)N4)CC2)cc1. The third-order valence-corrected chi connectivity index (χ3v) is 7.93. The van der Waals surface area contributed by atoms with E-state index in [0.29, 0.717) is 54.0 Å². The molecular weight excluding hydrogens is 552 g/mol. The number of piperidine rings is 1. The fraction of sp³-hybridized carbons (Fsp3) is 0.258. The molecule has 4 aromatic rings. The molecule has 2 aliphatic rings. The van der Waals surface area contributed by atoms with Crippen molar-refractivity contribution < 1.29 is 9.59 Å². The van der Waals surface area contributed by atoms with Gasteiger partial charge in [-0.1, -0.05) is 11.6 Å². The summed E-state index contributed by atoms with van der Waals surface area (Å²) < 4.78 is 0. The molecule has 0 radical (unpaired) electrons. The molecule has 6 bridgehead atoms. The standard InChI is InChI=1S/C31H31ClN8O2/c32-26-18-35-31-37-25-13-20(16-34-17-25)1-2-22-15-24(36-29(26)39-31)7-8-27(22)38-28(41)14-19-9-11-40(12-10-19)30(42)21-3-5-23(33)6-4-21/h3-8,13,15-19H,1-2,9-12,14,33H2,(H,38,41)(H2,35,36,37,39). The van der Waals surface area contributed by atoms with Crippen LogP contribution >= 0.6 is 11.6 Å². The summed E-state index contributed by atoms with van der Waals surface area (Å²) in [6, 6.07) is 14.8. The summed E-state index contributed by atoms with van der Waals surface area (Å²) in [5, 5.41) is 10.0. The number of hydrogen-bond acceptors (Lipinski definition) is 8. The third-order valence-electron chi connectivity index (χ3n) is 7.65. The van der Waals surface area contributed by atoms with Gasteiger partial charge < -0.3 is 26.6 Å². The lowest BCUT2D eigenvalue weighted by molar-refractivity contribution is -0.117. The van der Waals surface area contributed by atoms with E-state index in [1.165, 1.54) is 0 Å². The van der Waals surface area contributed by atoms with E-state index in [0.717, 1.165) is 47.5 Å². The van der Waals surface area contributed by atoms with E-state index in [-0.39, 0.29) is 17.7 Å². The minimum atomic E-state index is -0.0328. The van der Waals surface area contributed by atoms with Crippen LogP contribution < -0.4 is 21.7 Å². The molecule has 2 amide bonds. The normalized spacial score (nSPS) is 14.8. The predicted molar refractivity (Wildman–Crippen MR) is 164 cm³/mol. The van der Waals surface area contributed by atoms with Crippen LogP contribution in [0, 0.1) is 5.92 Å². The average Bonchev–Trinajstić information content (AvgIpc) is 2.99. The second-order valence-corrected chi connectivity index (χ2v) is 11.1. The van der Waals surface area contributed by atoms with Crippen molar-refractivity contribution in [3.05, 3.63) is 88.8 Å². The quantitative estimate of drug-likeness (QED) is 0.229. The van der Waals surface area contributed by atoms with Crippen molar-refractivity contribution in [2.24, 2.45) is 5.92 Å². The summed E-state index contributed by atoms with van der Waals surface area (Å²) in [6.07, 6.45) is 8.49. The molecule has 4 heterocycles. The van der Waals surface area contributed by atoms with Crippen LogP contribution in [-0.2, 0) is 17.6 Å². The number of amides is 2. The first-order valence-electron chi connectivity index (χ1n) is 14.0. The van der Waals surface area contributed by atoms with Gasteiger partial charge in [-0.05, 0) is 91.3 Å². The second kappa shape index (κ2) is 12.0. The van der Waals surface area contributed by atoms with Crippen molar-refractivity contribution in [1.29, 1.82) is 0 Å². The van der Waals surface area contributed by atoms with Gasteiger partial charge in [0.25, 0.3) is 5.91 Å². The molecule has 1 saturated heterocycles. The molecule has 42 heavy (non-hydrogen) atoms. The zero-order chi connectivity index (χ0) is 29.1. The van der Waals surface area contributed by atoms with Crippen LogP contribution in [0.4, 0.5) is 34.5 Å². The summed E-state index contributed by atoms with van der Waals surface area (Å²) in [4.78, 5) is 41.0. The monoisotopic (exact) mass is 582 g/mol. The lowest BCUT2D eigenvalue weighted by Gasteiger charge is -2.32. The Morgan fingerprint density at radius 2 is 1.79 bits per heavy atom. The van der Waals surface area contributed by atoms with Crippen LogP contribution in [0.25, 0.3) is 0 Å². The van der Waals surface area contributed by atoms with Gasteiger partial charge >= 0.3 is 0 Å². The number of fused-ring (bicyclic) bond motifs is 6. The van der Waals surface area contributed by atoms with E-state index in [1.54, 1.807) is 36.7 Å². The molecule has 0 atom stereocenters. The van der Waals surface area contributed by atoms with Gasteiger partial charge in [0.2, 0.25) is 11.9 Å². The van der Waals surface area contributed by atoms with Gasteiger partial charge in [0.15, 0.2) is 5.82 Å². The van der Waals surface area contributed by atoms with E-state index >= 15 is 0 Å². The predicted octanol–water partition coefficient (Wildman–Crippen LogP) is 5.57. The molecule has 10 nitrogen and oxygen atoms in total. The summed E-state index contributed by atoms with van der Waals surface area (Å²) in [7, 11) is 0. The van der Waals surface area contributed by atoms with Gasteiger partial charge in [0, 0.05) is 48.3 Å². The largest absolute Gasteiger partial charge is 0.399 e. The first-order valence-corrected chi connectivity index (χ1v) is 14.4. The van der Waals surface area contributed by atoms with E-state index in [2.05, 4.69) is 30.9 Å². The zero-order valence-corrected chi connectivity index (χ0v) is 23.7. The number of likely N-dealkylation sites (tertiary alicyclic amines) is 1. The van der Waals surface area contributed by atoms with Crippen molar-refractivity contribution >= 4 is 57.9 Å². The summed E-state index contributed by atoms with van der Waals surface area (Å²) in [6.45, 7) is 1.25. The van der Waals surface area contributed by atoms with E-state index in [4.69, 9.17) is 17.3 Å². The number of pyridine rings is 1. The number of carbonyl (C=O) groups excluding carboxylic acids is 2. The van der Waals surface area contributed by atoms with Crippen molar-refractivity contribution in [3.63, 3.8) is 0 Å². The Morgan fingerprint density at radius 1 is 0.976 bits per heavy atom. The maximum absolute atomic E-state index is 13.2. The van der Waals surface area contributed by atoms with E-state index in [9.17, 15) is 9.59 Å². The number of halogens is 1. The smallest absolute Gasteiger partial charge is 0.253 e. The van der Waals surface area contributed by atoms with Crippen LogP contribution in [0.3, 0.4) is 0 Å². The lowest BCUT2D eigenvalue weighted by Crippen LogP contribution is -2.39. The highest BCUT2D eigenvalue weighted by atomic mass is 35.5. The second-order valence-electron chi connectivity index (χ2n) is 10.7. The Morgan fingerprint density at radius 3 is 2.60 bits per heavy atom. The molecule has 0 saturated carbocycles. The molecule has 0 unspecified atom stereocenters. The molecule has 6 rings (SSSR count). The molecule has 2 aliphatic heterocycles. The molecular formula is C31H31ClN8O2. The Labute approximate surface area is 248 Å². The maximum Gasteiger partial charge on any atom is 0.253 e. The summed E-state index contributed by atoms with van der Waals surface area (Å²) >= 11 is 6.38. The summed E-state index contributed by atoms with van der Waals surface area (Å²) in [5.74, 6) is 1.06. The van der Waals surface area contributed by atoms with Gasteiger partial charge in [-0.25, -0.2) is 4.98 Å². The first-order chi connectivity index (χ1) is 20.4. The van der Waals surface area contributed by atoms with Crippen LogP contribution in [-0.4, -0.2) is 44.8 Å². The molecule has 2 aromatic heterocycles. The van der Waals surface area contributed by atoms with Gasteiger partial charge in [0.1, 0.15) is 5.02 Å². The Kier molecular flexibility index (Phi) is 7.87. The highest BCUT2D eigenvalue weighted by Gasteiger charge is 2.25. The van der Waals surface area contributed by atoms with Crippen LogP contribution in [0.15, 0.2) is 67.1 Å². The average molecular weight is 583 g/mol. The van der Waals surface area contributed by atoms with Crippen molar-refractivity contribution in [1.82, 2.24) is 19.9 Å². The lowest BCUT2D eigenvalue weighted by atomic mass is 9.92.